The second kappa shape index (κ2) is 7.36. The number of fused-ring (bicyclic) bond motifs is 1. The van der Waals surface area contributed by atoms with Crippen molar-refractivity contribution in [2.75, 3.05) is 0 Å². The lowest BCUT2D eigenvalue weighted by Gasteiger charge is -2.25. The van der Waals surface area contributed by atoms with Gasteiger partial charge in [-0.05, 0) is 46.9 Å². The second-order valence-electron chi connectivity index (χ2n) is 7.03. The van der Waals surface area contributed by atoms with E-state index in [1.54, 1.807) is 12.1 Å². The summed E-state index contributed by atoms with van der Waals surface area (Å²) < 4.78 is 13.2. The highest BCUT2D eigenvalue weighted by Gasteiger charge is 2.36. The molecule has 4 rings (SSSR count). The fourth-order valence-corrected chi connectivity index (χ4v) is 3.87. The molecule has 136 valence electrons. The second-order valence-corrected chi connectivity index (χ2v) is 7.03. The molecule has 0 radical (unpaired) electrons. The topological polar surface area (TPSA) is 20.3 Å². The molecule has 27 heavy (non-hydrogen) atoms. The molecule has 0 unspecified atom stereocenters. The highest BCUT2D eigenvalue weighted by Crippen LogP contribution is 2.39. The van der Waals surface area contributed by atoms with Crippen molar-refractivity contribution in [3.8, 4) is 11.1 Å². The van der Waals surface area contributed by atoms with E-state index in [0.717, 1.165) is 40.7 Å². The van der Waals surface area contributed by atoms with E-state index >= 15 is 0 Å². The molecular formula is C24H22FNO. The predicted octanol–water partition coefficient (Wildman–Crippen LogP) is 5.99. The maximum Gasteiger partial charge on any atom is 0.255 e. The minimum atomic E-state index is -0.256. The number of hydrogen-bond acceptors (Lipinski definition) is 1. The Labute approximate surface area is 159 Å². The van der Waals surface area contributed by atoms with Gasteiger partial charge in [-0.3, -0.25) is 4.79 Å². The smallest absolute Gasteiger partial charge is 0.255 e. The molecule has 0 spiro atoms. The Kier molecular flexibility index (Phi) is 4.76. The number of nitrogens with zero attached hydrogens (tertiary/aromatic N) is 1. The molecular weight excluding hydrogens is 337 g/mol. The molecule has 0 saturated carbocycles. The Hall–Kier alpha value is -2.94. The summed E-state index contributed by atoms with van der Waals surface area (Å²) in [5, 5.41) is 0. The van der Waals surface area contributed by atoms with Crippen LogP contribution in [0.15, 0.2) is 72.8 Å². The molecule has 2 nitrogen and oxygen atoms in total. The molecule has 3 heteroatoms. The standard InChI is InChI=1S/C24H22FNO/c1-2-6-23-21-14-11-19(18-9-12-20(25)13-10-18)15-22(21)24(27)26(23)16-17-7-4-3-5-8-17/h3-5,7-15,23H,2,6,16H2,1H3/t23-/m0/s1. The van der Waals surface area contributed by atoms with Gasteiger partial charge in [-0.2, -0.15) is 0 Å². The molecule has 0 fully saturated rings. The van der Waals surface area contributed by atoms with Gasteiger partial charge in [0, 0.05) is 12.1 Å². The van der Waals surface area contributed by atoms with Crippen LogP contribution in [-0.2, 0) is 6.54 Å². The highest BCUT2D eigenvalue weighted by atomic mass is 19.1. The number of rotatable bonds is 5. The molecule has 1 amide bonds. The number of halogens is 1. The van der Waals surface area contributed by atoms with Crippen LogP contribution in [0.25, 0.3) is 11.1 Å². The van der Waals surface area contributed by atoms with Crippen LogP contribution in [0.1, 0.15) is 47.3 Å². The van der Waals surface area contributed by atoms with Crippen molar-refractivity contribution < 1.29 is 9.18 Å². The SMILES string of the molecule is CCC[C@H]1c2ccc(-c3ccc(F)cc3)cc2C(=O)N1Cc1ccccc1. The van der Waals surface area contributed by atoms with Crippen molar-refractivity contribution in [3.05, 3.63) is 95.3 Å². The van der Waals surface area contributed by atoms with E-state index in [4.69, 9.17) is 0 Å². The van der Waals surface area contributed by atoms with Gasteiger partial charge in [0.1, 0.15) is 5.82 Å². The van der Waals surface area contributed by atoms with E-state index in [-0.39, 0.29) is 17.8 Å². The van der Waals surface area contributed by atoms with Gasteiger partial charge in [0.2, 0.25) is 0 Å². The number of carbonyl (C=O) groups excluding carboxylic acids is 1. The van der Waals surface area contributed by atoms with Crippen LogP contribution in [0, 0.1) is 5.82 Å². The van der Waals surface area contributed by atoms with Crippen LogP contribution in [0.4, 0.5) is 4.39 Å². The largest absolute Gasteiger partial charge is 0.327 e. The lowest BCUT2D eigenvalue weighted by molar-refractivity contribution is 0.0701. The first-order valence-corrected chi connectivity index (χ1v) is 9.42. The third-order valence-corrected chi connectivity index (χ3v) is 5.22. The first kappa shape index (κ1) is 17.5. The molecule has 0 aromatic heterocycles. The third-order valence-electron chi connectivity index (χ3n) is 5.22. The Balaban J connectivity index is 1.70. The summed E-state index contributed by atoms with van der Waals surface area (Å²) >= 11 is 0. The van der Waals surface area contributed by atoms with Crippen molar-refractivity contribution in [2.45, 2.75) is 32.4 Å². The molecule has 3 aromatic carbocycles. The lowest BCUT2D eigenvalue weighted by Crippen LogP contribution is -2.27. The Morgan fingerprint density at radius 3 is 2.33 bits per heavy atom. The average Bonchev–Trinajstić information content (AvgIpc) is 2.95. The lowest BCUT2D eigenvalue weighted by atomic mass is 9.96. The molecule has 1 aliphatic heterocycles. The minimum Gasteiger partial charge on any atom is -0.327 e. The van der Waals surface area contributed by atoms with Gasteiger partial charge in [0.25, 0.3) is 5.91 Å². The predicted molar refractivity (Wildman–Crippen MR) is 106 cm³/mol. The quantitative estimate of drug-likeness (QED) is 0.548. The number of carbonyl (C=O) groups is 1. The van der Waals surface area contributed by atoms with E-state index in [2.05, 4.69) is 25.1 Å². The Morgan fingerprint density at radius 1 is 0.926 bits per heavy atom. The van der Waals surface area contributed by atoms with E-state index in [1.807, 2.05) is 35.2 Å². The number of benzene rings is 3. The maximum atomic E-state index is 13.2. The Morgan fingerprint density at radius 2 is 1.63 bits per heavy atom. The summed E-state index contributed by atoms with van der Waals surface area (Å²) in [5.74, 6) is -0.177. The summed E-state index contributed by atoms with van der Waals surface area (Å²) in [6, 6.07) is 22.7. The van der Waals surface area contributed by atoms with Gasteiger partial charge in [-0.15, -0.1) is 0 Å². The summed E-state index contributed by atoms with van der Waals surface area (Å²) in [5.41, 5.74) is 4.87. The Bertz CT molecular complexity index is 950. The molecule has 1 atom stereocenters. The van der Waals surface area contributed by atoms with Gasteiger partial charge in [0.05, 0.1) is 6.04 Å². The van der Waals surface area contributed by atoms with Gasteiger partial charge in [-0.1, -0.05) is 67.9 Å². The fraction of sp³-hybridized carbons (Fsp3) is 0.208. The summed E-state index contributed by atoms with van der Waals surface area (Å²) in [6.07, 6.45) is 1.96. The summed E-state index contributed by atoms with van der Waals surface area (Å²) in [4.78, 5) is 15.2. The van der Waals surface area contributed by atoms with Crippen LogP contribution in [0.2, 0.25) is 0 Å². The molecule has 0 bridgehead atoms. The van der Waals surface area contributed by atoms with E-state index in [9.17, 15) is 9.18 Å². The van der Waals surface area contributed by atoms with Gasteiger partial charge in [-0.25, -0.2) is 4.39 Å². The maximum absolute atomic E-state index is 13.2. The molecule has 0 aliphatic carbocycles. The van der Waals surface area contributed by atoms with Crippen LogP contribution in [-0.4, -0.2) is 10.8 Å². The van der Waals surface area contributed by atoms with Crippen molar-refractivity contribution in [1.82, 2.24) is 4.90 Å². The molecule has 0 N–H and O–H groups in total. The van der Waals surface area contributed by atoms with Crippen LogP contribution >= 0.6 is 0 Å². The van der Waals surface area contributed by atoms with Crippen molar-refractivity contribution in [2.24, 2.45) is 0 Å². The summed E-state index contributed by atoms with van der Waals surface area (Å²) in [7, 11) is 0. The van der Waals surface area contributed by atoms with E-state index in [1.165, 1.54) is 12.1 Å². The first-order chi connectivity index (χ1) is 13.2. The minimum absolute atomic E-state index is 0.0799. The summed E-state index contributed by atoms with van der Waals surface area (Å²) in [6.45, 7) is 2.76. The molecule has 1 aliphatic rings. The van der Waals surface area contributed by atoms with Crippen molar-refractivity contribution in [1.29, 1.82) is 0 Å². The number of amides is 1. The highest BCUT2D eigenvalue weighted by molar-refractivity contribution is 6.00. The van der Waals surface area contributed by atoms with Crippen LogP contribution in [0.3, 0.4) is 0 Å². The number of hydrogen-bond donors (Lipinski definition) is 0. The molecule has 0 saturated heterocycles. The molecule has 3 aromatic rings. The van der Waals surface area contributed by atoms with Gasteiger partial charge in [0.15, 0.2) is 0 Å². The third kappa shape index (κ3) is 3.37. The zero-order chi connectivity index (χ0) is 18.8. The first-order valence-electron chi connectivity index (χ1n) is 9.42. The van der Waals surface area contributed by atoms with Gasteiger partial charge < -0.3 is 4.90 Å². The monoisotopic (exact) mass is 359 g/mol. The zero-order valence-corrected chi connectivity index (χ0v) is 15.4. The van der Waals surface area contributed by atoms with Crippen LogP contribution < -0.4 is 0 Å². The fourth-order valence-electron chi connectivity index (χ4n) is 3.87. The van der Waals surface area contributed by atoms with Crippen molar-refractivity contribution >= 4 is 5.91 Å². The zero-order valence-electron chi connectivity index (χ0n) is 15.4. The van der Waals surface area contributed by atoms with Crippen molar-refractivity contribution in [3.63, 3.8) is 0 Å². The van der Waals surface area contributed by atoms with Crippen LogP contribution in [0.5, 0.6) is 0 Å². The normalized spacial score (nSPS) is 15.9. The molecule has 1 heterocycles. The van der Waals surface area contributed by atoms with E-state index < -0.39 is 0 Å². The average molecular weight is 359 g/mol. The van der Waals surface area contributed by atoms with E-state index in [0.29, 0.717) is 6.54 Å². The van der Waals surface area contributed by atoms with Gasteiger partial charge >= 0.3 is 0 Å².